The molecule has 1 unspecified atom stereocenters. The lowest BCUT2D eigenvalue weighted by molar-refractivity contribution is -0.117. The molecule has 0 aliphatic rings. The summed E-state index contributed by atoms with van der Waals surface area (Å²) in [6.45, 7) is 3.01. The van der Waals surface area contributed by atoms with Gasteiger partial charge in [-0.3, -0.25) is 9.59 Å². The Morgan fingerprint density at radius 2 is 1.28 bits per heavy atom. The number of para-hydroxylation sites is 1. The molecule has 0 fully saturated rings. The highest BCUT2D eigenvalue weighted by Gasteiger charge is 2.15. The van der Waals surface area contributed by atoms with Crippen molar-refractivity contribution in [2.24, 2.45) is 0 Å². The van der Waals surface area contributed by atoms with E-state index in [0.717, 1.165) is 0 Å². The van der Waals surface area contributed by atoms with Crippen LogP contribution in [0, 0.1) is 0 Å². The summed E-state index contributed by atoms with van der Waals surface area (Å²) < 4.78 is 0. The summed E-state index contributed by atoms with van der Waals surface area (Å²) in [6.07, 6.45) is 0. The van der Waals surface area contributed by atoms with E-state index in [2.05, 4.69) is 21.3 Å². The maximum absolute atomic E-state index is 12.1. The fourth-order valence-corrected chi connectivity index (χ4v) is 2.04. The van der Waals surface area contributed by atoms with Crippen LogP contribution in [0.5, 0.6) is 0 Å². The van der Waals surface area contributed by atoms with Crippen LogP contribution in [0.2, 0.25) is 0 Å². The molecule has 2 aromatic rings. The third-order valence-electron chi connectivity index (χ3n) is 3.25. The SMILES string of the molecule is CC(=O)Nc1ccc(NC(=O)C(C)NC(=O)Nc2ccccc2)cc1. The molecule has 0 spiro atoms. The number of carbonyl (C=O) groups excluding carboxylic acids is 3. The van der Waals surface area contributed by atoms with Crippen LogP contribution in [0.1, 0.15) is 13.8 Å². The van der Waals surface area contributed by atoms with E-state index in [1.54, 1.807) is 55.5 Å². The normalized spacial score (nSPS) is 11.1. The number of amides is 4. The van der Waals surface area contributed by atoms with Crippen molar-refractivity contribution in [2.45, 2.75) is 19.9 Å². The fourth-order valence-electron chi connectivity index (χ4n) is 2.04. The summed E-state index contributed by atoms with van der Waals surface area (Å²) in [6, 6.07) is 14.5. The van der Waals surface area contributed by atoms with Crippen molar-refractivity contribution in [3.8, 4) is 0 Å². The Kier molecular flexibility index (Phi) is 6.11. The van der Waals surface area contributed by atoms with Crippen molar-refractivity contribution in [1.82, 2.24) is 5.32 Å². The van der Waals surface area contributed by atoms with Gasteiger partial charge >= 0.3 is 6.03 Å². The predicted octanol–water partition coefficient (Wildman–Crippen LogP) is 2.79. The highest BCUT2D eigenvalue weighted by Crippen LogP contribution is 2.13. The lowest BCUT2D eigenvalue weighted by Crippen LogP contribution is -2.43. The first-order chi connectivity index (χ1) is 11.9. The Morgan fingerprint density at radius 3 is 1.84 bits per heavy atom. The van der Waals surface area contributed by atoms with Gasteiger partial charge < -0.3 is 21.3 Å². The third-order valence-corrected chi connectivity index (χ3v) is 3.25. The van der Waals surface area contributed by atoms with E-state index in [9.17, 15) is 14.4 Å². The summed E-state index contributed by atoms with van der Waals surface area (Å²) in [5.74, 6) is -0.519. The molecule has 0 aliphatic heterocycles. The van der Waals surface area contributed by atoms with Crippen LogP contribution in [0.4, 0.5) is 21.9 Å². The van der Waals surface area contributed by atoms with E-state index in [4.69, 9.17) is 0 Å². The summed E-state index contributed by atoms with van der Waals surface area (Å²) in [4.78, 5) is 35.0. The number of hydrogen-bond donors (Lipinski definition) is 4. The van der Waals surface area contributed by atoms with Crippen LogP contribution in [0.15, 0.2) is 54.6 Å². The molecular weight excluding hydrogens is 320 g/mol. The number of benzene rings is 2. The lowest BCUT2D eigenvalue weighted by Gasteiger charge is -2.15. The number of rotatable bonds is 5. The number of nitrogens with one attached hydrogen (secondary N) is 4. The maximum Gasteiger partial charge on any atom is 0.319 e. The summed E-state index contributed by atoms with van der Waals surface area (Å²) >= 11 is 0. The highest BCUT2D eigenvalue weighted by molar-refractivity contribution is 5.99. The number of anilines is 3. The minimum absolute atomic E-state index is 0.168. The van der Waals surface area contributed by atoms with Crippen LogP contribution < -0.4 is 21.3 Å². The average molecular weight is 340 g/mol. The van der Waals surface area contributed by atoms with E-state index in [0.29, 0.717) is 17.1 Å². The van der Waals surface area contributed by atoms with E-state index in [-0.39, 0.29) is 11.8 Å². The molecule has 2 aromatic carbocycles. The zero-order valence-electron chi connectivity index (χ0n) is 14.0. The Balaban J connectivity index is 1.85. The minimum Gasteiger partial charge on any atom is -0.326 e. The van der Waals surface area contributed by atoms with Crippen LogP contribution in [-0.2, 0) is 9.59 Å². The molecule has 0 heterocycles. The average Bonchev–Trinajstić information content (AvgIpc) is 2.57. The quantitative estimate of drug-likeness (QED) is 0.673. The van der Waals surface area contributed by atoms with Gasteiger partial charge in [0.25, 0.3) is 0 Å². The molecule has 0 bridgehead atoms. The van der Waals surface area contributed by atoms with Gasteiger partial charge in [0, 0.05) is 24.0 Å². The zero-order chi connectivity index (χ0) is 18.2. The smallest absolute Gasteiger partial charge is 0.319 e. The number of hydrogen-bond acceptors (Lipinski definition) is 3. The van der Waals surface area contributed by atoms with Crippen molar-refractivity contribution in [3.63, 3.8) is 0 Å². The molecular formula is C18H20N4O3. The molecule has 0 saturated carbocycles. The molecule has 130 valence electrons. The molecule has 7 nitrogen and oxygen atoms in total. The molecule has 7 heteroatoms. The van der Waals surface area contributed by atoms with Crippen molar-refractivity contribution in [1.29, 1.82) is 0 Å². The second-order valence-corrected chi connectivity index (χ2v) is 5.43. The summed E-state index contributed by atoms with van der Waals surface area (Å²) in [7, 11) is 0. The number of urea groups is 1. The van der Waals surface area contributed by atoms with E-state index < -0.39 is 12.1 Å². The van der Waals surface area contributed by atoms with Gasteiger partial charge in [-0.25, -0.2) is 4.79 Å². The first kappa shape index (κ1) is 18.0. The van der Waals surface area contributed by atoms with Gasteiger partial charge in [0.1, 0.15) is 6.04 Å². The Morgan fingerprint density at radius 1 is 0.760 bits per heavy atom. The highest BCUT2D eigenvalue weighted by atomic mass is 16.2. The van der Waals surface area contributed by atoms with Gasteiger partial charge in [-0.1, -0.05) is 18.2 Å². The summed E-state index contributed by atoms with van der Waals surface area (Å²) in [5, 5.41) is 10.6. The fraction of sp³-hybridized carbons (Fsp3) is 0.167. The molecule has 25 heavy (non-hydrogen) atoms. The van der Waals surface area contributed by atoms with E-state index >= 15 is 0 Å². The van der Waals surface area contributed by atoms with Gasteiger partial charge in [-0.2, -0.15) is 0 Å². The molecule has 0 radical (unpaired) electrons. The van der Waals surface area contributed by atoms with Crippen molar-refractivity contribution < 1.29 is 14.4 Å². The van der Waals surface area contributed by atoms with Crippen molar-refractivity contribution >= 4 is 34.9 Å². The first-order valence-electron chi connectivity index (χ1n) is 7.75. The van der Waals surface area contributed by atoms with Crippen LogP contribution in [0.3, 0.4) is 0 Å². The molecule has 0 aliphatic carbocycles. The zero-order valence-corrected chi connectivity index (χ0v) is 14.0. The Bertz CT molecular complexity index is 745. The molecule has 1 atom stereocenters. The standard InChI is InChI=1S/C18H20N4O3/c1-12(19-18(25)22-14-6-4-3-5-7-14)17(24)21-16-10-8-15(9-11-16)20-13(2)23/h3-12H,1-2H3,(H,20,23)(H,21,24)(H2,19,22,25). The Hall–Kier alpha value is -3.35. The molecule has 0 saturated heterocycles. The number of carbonyl (C=O) groups is 3. The van der Waals surface area contributed by atoms with Crippen molar-refractivity contribution in [2.75, 3.05) is 16.0 Å². The van der Waals surface area contributed by atoms with Crippen LogP contribution in [-0.4, -0.2) is 23.9 Å². The van der Waals surface area contributed by atoms with Crippen molar-refractivity contribution in [3.05, 3.63) is 54.6 Å². The first-order valence-corrected chi connectivity index (χ1v) is 7.75. The Labute approximate surface area is 145 Å². The predicted molar refractivity (Wildman–Crippen MR) is 97.4 cm³/mol. The van der Waals surface area contributed by atoms with Gasteiger partial charge in [-0.05, 0) is 43.3 Å². The monoisotopic (exact) mass is 340 g/mol. The second-order valence-electron chi connectivity index (χ2n) is 5.43. The molecule has 0 aromatic heterocycles. The van der Waals surface area contributed by atoms with Gasteiger partial charge in [-0.15, -0.1) is 0 Å². The summed E-state index contributed by atoms with van der Waals surface area (Å²) in [5.41, 5.74) is 1.84. The second kappa shape index (κ2) is 8.49. The maximum atomic E-state index is 12.1. The van der Waals surface area contributed by atoms with Crippen LogP contribution in [0.25, 0.3) is 0 Å². The van der Waals surface area contributed by atoms with E-state index in [1.807, 2.05) is 6.07 Å². The largest absolute Gasteiger partial charge is 0.326 e. The van der Waals surface area contributed by atoms with Gasteiger partial charge in [0.05, 0.1) is 0 Å². The molecule has 2 rings (SSSR count). The topological polar surface area (TPSA) is 99.3 Å². The lowest BCUT2D eigenvalue weighted by atomic mass is 10.2. The van der Waals surface area contributed by atoms with Gasteiger partial charge in [0.2, 0.25) is 11.8 Å². The minimum atomic E-state index is -0.723. The van der Waals surface area contributed by atoms with Gasteiger partial charge in [0.15, 0.2) is 0 Å². The third kappa shape index (κ3) is 5.98. The molecule has 4 amide bonds. The van der Waals surface area contributed by atoms with Crippen LogP contribution >= 0.6 is 0 Å². The molecule has 4 N–H and O–H groups in total. The van der Waals surface area contributed by atoms with E-state index in [1.165, 1.54) is 6.92 Å².